The maximum atomic E-state index is 10.4. The van der Waals surface area contributed by atoms with Gasteiger partial charge in [0.2, 0.25) is 0 Å². The van der Waals surface area contributed by atoms with Crippen molar-refractivity contribution in [2.24, 2.45) is 5.73 Å². The first-order valence-corrected chi connectivity index (χ1v) is 7.71. The monoisotopic (exact) mass is 309 g/mol. The second kappa shape index (κ2) is 12.8. The molecule has 1 atom stereocenters. The molecule has 0 unspecified atom stereocenters. The number of hydrogen-bond acceptors (Lipinski definition) is 3. The van der Waals surface area contributed by atoms with Crippen LogP contribution in [0.3, 0.4) is 0 Å². The van der Waals surface area contributed by atoms with Crippen molar-refractivity contribution >= 4 is 11.9 Å². The zero-order valence-electron chi connectivity index (χ0n) is 13.2. The largest absolute Gasteiger partial charge is 0.481 e. The smallest absolute Gasteiger partial charge is 0.320 e. The summed E-state index contributed by atoms with van der Waals surface area (Å²) in [5.74, 6) is -1.63. The van der Waals surface area contributed by atoms with Gasteiger partial charge in [-0.05, 0) is 18.4 Å². The molecule has 0 aliphatic heterocycles. The van der Waals surface area contributed by atoms with Crippen LogP contribution in [0, 0.1) is 0 Å². The van der Waals surface area contributed by atoms with E-state index in [1.165, 1.54) is 19.3 Å². The molecule has 1 aromatic rings. The summed E-state index contributed by atoms with van der Waals surface area (Å²) in [6.45, 7) is 2.15. The lowest BCUT2D eigenvalue weighted by molar-refractivity contribution is -0.139. The van der Waals surface area contributed by atoms with Crippen LogP contribution < -0.4 is 5.73 Å². The fraction of sp³-hybridized carbons (Fsp3) is 0.529. The quantitative estimate of drug-likeness (QED) is 0.609. The first-order valence-electron chi connectivity index (χ1n) is 7.71. The van der Waals surface area contributed by atoms with Gasteiger partial charge in [-0.2, -0.15) is 0 Å². The fourth-order valence-electron chi connectivity index (χ4n) is 1.84. The molecule has 0 heterocycles. The summed E-state index contributed by atoms with van der Waals surface area (Å²) in [6.07, 6.45) is 6.27. The molecule has 1 aromatic carbocycles. The molecule has 0 aliphatic rings. The highest BCUT2D eigenvalue weighted by atomic mass is 16.4. The zero-order chi connectivity index (χ0) is 16.8. The molecule has 0 radical (unpaired) electrons. The predicted molar refractivity (Wildman–Crippen MR) is 86.8 cm³/mol. The Hall–Kier alpha value is -1.88. The molecule has 0 amide bonds. The number of carbonyl (C=O) groups is 2. The van der Waals surface area contributed by atoms with Crippen molar-refractivity contribution < 1.29 is 19.8 Å². The third kappa shape index (κ3) is 11.9. The van der Waals surface area contributed by atoms with E-state index >= 15 is 0 Å². The van der Waals surface area contributed by atoms with Gasteiger partial charge in [0.25, 0.3) is 0 Å². The fourth-order valence-corrected chi connectivity index (χ4v) is 1.84. The zero-order valence-corrected chi connectivity index (χ0v) is 13.2. The summed E-state index contributed by atoms with van der Waals surface area (Å²) >= 11 is 0. The van der Waals surface area contributed by atoms with Gasteiger partial charge in [-0.15, -0.1) is 0 Å². The van der Waals surface area contributed by atoms with Crippen LogP contribution in [0.25, 0.3) is 0 Å². The average molecular weight is 309 g/mol. The van der Waals surface area contributed by atoms with E-state index in [4.69, 9.17) is 15.9 Å². The molecule has 0 saturated carbocycles. The Balaban J connectivity index is 0.000000409. The maximum absolute atomic E-state index is 10.4. The van der Waals surface area contributed by atoms with Crippen LogP contribution >= 0.6 is 0 Å². The summed E-state index contributed by atoms with van der Waals surface area (Å²) in [5, 5.41) is 16.8. The molecule has 1 rings (SSSR count). The van der Waals surface area contributed by atoms with Gasteiger partial charge in [0.1, 0.15) is 6.04 Å². The molecule has 0 bridgehead atoms. The molecule has 0 spiro atoms. The maximum Gasteiger partial charge on any atom is 0.320 e. The van der Waals surface area contributed by atoms with Crippen molar-refractivity contribution in [1.29, 1.82) is 0 Å². The summed E-state index contributed by atoms with van der Waals surface area (Å²) in [6, 6.07) is 8.54. The van der Waals surface area contributed by atoms with Gasteiger partial charge in [-0.25, -0.2) is 0 Å². The number of carboxylic acids is 2. The van der Waals surface area contributed by atoms with Gasteiger partial charge in [0.05, 0.1) is 0 Å². The third-order valence-corrected chi connectivity index (χ3v) is 3.11. The molecule has 0 aliphatic carbocycles. The lowest BCUT2D eigenvalue weighted by atomic mass is 10.1. The second-order valence-corrected chi connectivity index (χ2v) is 5.19. The van der Waals surface area contributed by atoms with Gasteiger partial charge in [0, 0.05) is 6.42 Å². The third-order valence-electron chi connectivity index (χ3n) is 3.11. The van der Waals surface area contributed by atoms with E-state index in [2.05, 4.69) is 6.92 Å². The number of carboxylic acid groups (broad SMARTS) is 2. The topological polar surface area (TPSA) is 101 Å². The average Bonchev–Trinajstić information content (AvgIpc) is 2.48. The number of unbranched alkanes of at least 4 members (excludes halogenated alkanes) is 4. The SMILES string of the molecule is CCCCCCCC(=O)O.N[C@@H](Cc1ccccc1)C(=O)O. The number of hydrogen-bond donors (Lipinski definition) is 3. The van der Waals surface area contributed by atoms with Gasteiger partial charge < -0.3 is 15.9 Å². The number of rotatable bonds is 9. The van der Waals surface area contributed by atoms with E-state index in [0.29, 0.717) is 12.8 Å². The highest BCUT2D eigenvalue weighted by Crippen LogP contribution is 2.04. The second-order valence-electron chi connectivity index (χ2n) is 5.19. The lowest BCUT2D eigenvalue weighted by Crippen LogP contribution is -2.32. The molecule has 22 heavy (non-hydrogen) atoms. The van der Waals surface area contributed by atoms with Crippen LogP contribution in [0.15, 0.2) is 30.3 Å². The van der Waals surface area contributed by atoms with Crippen LogP contribution in [-0.4, -0.2) is 28.2 Å². The molecule has 5 heteroatoms. The van der Waals surface area contributed by atoms with Crippen LogP contribution in [0.5, 0.6) is 0 Å². The van der Waals surface area contributed by atoms with E-state index in [1.807, 2.05) is 30.3 Å². The van der Waals surface area contributed by atoms with Gasteiger partial charge >= 0.3 is 11.9 Å². The number of aliphatic carboxylic acids is 2. The normalized spacial score (nSPS) is 11.2. The Kier molecular flexibility index (Phi) is 11.7. The molecule has 0 saturated heterocycles. The summed E-state index contributed by atoms with van der Waals surface area (Å²) < 4.78 is 0. The van der Waals surface area contributed by atoms with Crippen molar-refractivity contribution in [2.75, 3.05) is 0 Å². The first-order chi connectivity index (χ1) is 10.5. The van der Waals surface area contributed by atoms with Crippen LogP contribution in [0.2, 0.25) is 0 Å². The summed E-state index contributed by atoms with van der Waals surface area (Å²) in [4.78, 5) is 20.4. The standard InChI is InChI=1S/C9H11NO2.C8H16O2/c10-8(9(11)12)6-7-4-2-1-3-5-7;1-2-3-4-5-6-7-8(9)10/h1-5,8H,6,10H2,(H,11,12);2-7H2,1H3,(H,9,10)/t8-;/m0./s1. The highest BCUT2D eigenvalue weighted by Gasteiger charge is 2.10. The van der Waals surface area contributed by atoms with Gasteiger partial charge in [-0.1, -0.05) is 62.9 Å². The van der Waals surface area contributed by atoms with E-state index in [1.54, 1.807) is 0 Å². The molecule has 4 N–H and O–H groups in total. The highest BCUT2D eigenvalue weighted by molar-refractivity contribution is 5.73. The summed E-state index contributed by atoms with van der Waals surface area (Å²) in [5.41, 5.74) is 6.30. The minimum absolute atomic E-state index is 0.337. The number of benzene rings is 1. The molecule has 5 nitrogen and oxygen atoms in total. The van der Waals surface area contributed by atoms with Crippen molar-refractivity contribution in [3.63, 3.8) is 0 Å². The van der Waals surface area contributed by atoms with Gasteiger partial charge in [0.15, 0.2) is 0 Å². The van der Waals surface area contributed by atoms with Crippen molar-refractivity contribution in [3.05, 3.63) is 35.9 Å². The van der Waals surface area contributed by atoms with E-state index in [9.17, 15) is 9.59 Å². The van der Waals surface area contributed by atoms with E-state index in [-0.39, 0.29) is 0 Å². The number of nitrogens with two attached hydrogens (primary N) is 1. The first kappa shape index (κ1) is 20.1. The van der Waals surface area contributed by atoms with Crippen molar-refractivity contribution in [2.45, 2.75) is 57.9 Å². The van der Waals surface area contributed by atoms with E-state index in [0.717, 1.165) is 18.4 Å². The molecule has 0 fully saturated rings. The van der Waals surface area contributed by atoms with Crippen LogP contribution in [0.1, 0.15) is 51.0 Å². The Morgan fingerprint density at radius 1 is 1.05 bits per heavy atom. The Morgan fingerprint density at radius 3 is 2.14 bits per heavy atom. The Morgan fingerprint density at radius 2 is 1.64 bits per heavy atom. The Bertz CT molecular complexity index is 420. The molecule has 124 valence electrons. The van der Waals surface area contributed by atoms with Gasteiger partial charge in [-0.3, -0.25) is 9.59 Å². The Labute approximate surface area is 132 Å². The minimum Gasteiger partial charge on any atom is -0.481 e. The van der Waals surface area contributed by atoms with E-state index < -0.39 is 18.0 Å². The minimum atomic E-state index is -0.959. The summed E-state index contributed by atoms with van der Waals surface area (Å²) in [7, 11) is 0. The molecular weight excluding hydrogens is 282 g/mol. The van der Waals surface area contributed by atoms with Crippen LogP contribution in [0.4, 0.5) is 0 Å². The van der Waals surface area contributed by atoms with Crippen molar-refractivity contribution in [1.82, 2.24) is 0 Å². The van der Waals surface area contributed by atoms with Crippen LogP contribution in [-0.2, 0) is 16.0 Å². The molecule has 0 aromatic heterocycles. The predicted octanol–water partition coefficient (Wildman–Crippen LogP) is 3.07. The molecular formula is C17H27NO4. The van der Waals surface area contributed by atoms with Crippen molar-refractivity contribution in [3.8, 4) is 0 Å². The lowest BCUT2D eigenvalue weighted by Gasteiger charge is -2.04.